The Labute approximate surface area is 201 Å². The van der Waals surface area contributed by atoms with Crippen LogP contribution in [0.5, 0.6) is 5.75 Å². The van der Waals surface area contributed by atoms with Gasteiger partial charge in [0.15, 0.2) is 0 Å². The highest BCUT2D eigenvalue weighted by Crippen LogP contribution is 2.40. The van der Waals surface area contributed by atoms with Crippen LogP contribution in [0.15, 0.2) is 70.2 Å². The van der Waals surface area contributed by atoms with Gasteiger partial charge in [0.25, 0.3) is 5.89 Å². The van der Waals surface area contributed by atoms with Crippen LogP contribution in [-0.2, 0) is 0 Å². The van der Waals surface area contributed by atoms with Gasteiger partial charge in [-0.25, -0.2) is 4.79 Å². The molecule has 3 heterocycles. The van der Waals surface area contributed by atoms with Gasteiger partial charge in [0, 0.05) is 5.70 Å². The zero-order valence-corrected chi connectivity index (χ0v) is 20.1. The van der Waals surface area contributed by atoms with E-state index in [9.17, 15) is 4.79 Å². The molecule has 5 rings (SSSR count). The second kappa shape index (κ2) is 8.79. The lowest BCUT2D eigenvalue weighted by Gasteiger charge is -2.35. The number of amides is 2. The summed E-state index contributed by atoms with van der Waals surface area (Å²) < 4.78 is 11.2. The fraction of sp³-hybridized carbons (Fsp3) is 0.192. The maximum absolute atomic E-state index is 13.4. The van der Waals surface area contributed by atoms with Crippen molar-refractivity contribution in [3.05, 3.63) is 88.3 Å². The van der Waals surface area contributed by atoms with Gasteiger partial charge in [0.05, 0.1) is 29.3 Å². The lowest BCUT2D eigenvalue weighted by atomic mass is 9.94. The zero-order chi connectivity index (χ0) is 23.8. The minimum Gasteiger partial charge on any atom is -0.497 e. The van der Waals surface area contributed by atoms with E-state index in [-0.39, 0.29) is 6.03 Å². The number of rotatable bonds is 5. The molecule has 8 heteroatoms. The third kappa shape index (κ3) is 3.97. The van der Waals surface area contributed by atoms with Crippen LogP contribution < -0.4 is 15.0 Å². The normalized spacial score (nSPS) is 16.1. The van der Waals surface area contributed by atoms with E-state index in [0.717, 1.165) is 38.5 Å². The SMILES string of the molecule is COc1cccc(C2NC(=O)N(c3cc(C)cc(C)c3)C(C)=C2c2nc(-c3cccs3)no2)c1. The standard InChI is InChI=1S/C26H24N4O3S/c1-15-11-16(2)13-19(12-15)30-17(3)22(25-28-24(29-33-25)21-9-6-10-34-21)23(27-26(30)31)18-7-5-8-20(14-18)32-4/h5-14,23H,1-4H3,(H,27,31). The molecule has 1 aliphatic rings. The predicted octanol–water partition coefficient (Wildman–Crippen LogP) is 6.13. The van der Waals surface area contributed by atoms with Crippen LogP contribution in [0.2, 0.25) is 0 Å². The summed E-state index contributed by atoms with van der Waals surface area (Å²) in [6.07, 6.45) is 0. The predicted molar refractivity (Wildman–Crippen MR) is 133 cm³/mol. The van der Waals surface area contributed by atoms with Crippen molar-refractivity contribution in [3.8, 4) is 16.5 Å². The minimum atomic E-state index is -0.485. The molecule has 2 aromatic carbocycles. The Bertz CT molecular complexity index is 1370. The first-order valence-electron chi connectivity index (χ1n) is 10.9. The van der Waals surface area contributed by atoms with E-state index in [0.29, 0.717) is 17.5 Å². The number of carbonyl (C=O) groups excluding carboxylic acids is 1. The summed E-state index contributed by atoms with van der Waals surface area (Å²) in [7, 11) is 1.62. The molecular weight excluding hydrogens is 448 g/mol. The van der Waals surface area contributed by atoms with Gasteiger partial charge in [-0.15, -0.1) is 11.3 Å². The van der Waals surface area contributed by atoms with Gasteiger partial charge in [0.1, 0.15) is 5.75 Å². The van der Waals surface area contributed by atoms with Gasteiger partial charge in [-0.3, -0.25) is 4.90 Å². The smallest absolute Gasteiger partial charge is 0.326 e. The van der Waals surface area contributed by atoms with Gasteiger partial charge in [-0.2, -0.15) is 4.98 Å². The van der Waals surface area contributed by atoms with E-state index in [1.807, 2.05) is 74.7 Å². The number of aryl methyl sites for hydroxylation is 2. The van der Waals surface area contributed by atoms with Crippen molar-refractivity contribution in [2.24, 2.45) is 0 Å². The first-order valence-corrected chi connectivity index (χ1v) is 11.7. The molecule has 2 aromatic heterocycles. The zero-order valence-electron chi connectivity index (χ0n) is 19.3. The Morgan fingerprint density at radius 3 is 2.56 bits per heavy atom. The first-order chi connectivity index (χ1) is 16.4. The summed E-state index contributed by atoms with van der Waals surface area (Å²) in [6, 6.07) is 16.9. The second-order valence-electron chi connectivity index (χ2n) is 8.24. The van der Waals surface area contributed by atoms with Crippen molar-refractivity contribution in [2.75, 3.05) is 12.0 Å². The van der Waals surface area contributed by atoms with Crippen molar-refractivity contribution in [1.29, 1.82) is 0 Å². The van der Waals surface area contributed by atoms with Crippen molar-refractivity contribution in [3.63, 3.8) is 0 Å². The molecule has 172 valence electrons. The number of nitrogens with one attached hydrogen (secondary N) is 1. The maximum atomic E-state index is 13.4. The van der Waals surface area contributed by atoms with Gasteiger partial charge in [-0.05, 0) is 73.2 Å². The third-order valence-corrected chi connectivity index (χ3v) is 6.64. The molecule has 0 aliphatic carbocycles. The van der Waals surface area contributed by atoms with Crippen LogP contribution in [0.25, 0.3) is 16.3 Å². The molecule has 0 radical (unpaired) electrons. The van der Waals surface area contributed by atoms with Crippen LogP contribution in [0.3, 0.4) is 0 Å². The van der Waals surface area contributed by atoms with Gasteiger partial charge < -0.3 is 14.6 Å². The largest absolute Gasteiger partial charge is 0.497 e. The van der Waals surface area contributed by atoms with Crippen molar-refractivity contribution in [2.45, 2.75) is 26.8 Å². The van der Waals surface area contributed by atoms with Crippen LogP contribution >= 0.6 is 11.3 Å². The summed E-state index contributed by atoms with van der Waals surface area (Å²) in [6.45, 7) is 5.94. The molecular formula is C26H24N4O3S. The molecule has 7 nitrogen and oxygen atoms in total. The lowest BCUT2D eigenvalue weighted by molar-refractivity contribution is 0.244. The number of nitrogens with zero attached hydrogens (tertiary/aromatic N) is 3. The van der Waals surface area contributed by atoms with Crippen molar-refractivity contribution >= 4 is 28.6 Å². The molecule has 1 aliphatic heterocycles. The number of anilines is 1. The fourth-order valence-electron chi connectivity index (χ4n) is 4.32. The Balaban J connectivity index is 1.68. The molecule has 2 amide bonds. The Hall–Kier alpha value is -3.91. The molecule has 0 saturated heterocycles. The van der Waals surface area contributed by atoms with E-state index in [4.69, 9.17) is 14.2 Å². The summed E-state index contributed by atoms with van der Waals surface area (Å²) in [5.41, 5.74) is 5.25. The van der Waals surface area contributed by atoms with Crippen LogP contribution in [0, 0.1) is 13.8 Å². The van der Waals surface area contributed by atoms with Crippen LogP contribution in [-0.4, -0.2) is 23.3 Å². The summed E-state index contributed by atoms with van der Waals surface area (Å²) in [4.78, 5) is 20.7. The topological polar surface area (TPSA) is 80.5 Å². The van der Waals surface area contributed by atoms with Crippen LogP contribution in [0.1, 0.15) is 35.5 Å². The molecule has 0 spiro atoms. The monoisotopic (exact) mass is 472 g/mol. The van der Waals surface area contributed by atoms with E-state index >= 15 is 0 Å². The number of urea groups is 1. The highest BCUT2D eigenvalue weighted by atomic mass is 32.1. The number of thiophene rings is 1. The highest BCUT2D eigenvalue weighted by Gasteiger charge is 2.36. The lowest BCUT2D eigenvalue weighted by Crippen LogP contribution is -2.46. The molecule has 1 unspecified atom stereocenters. The first kappa shape index (κ1) is 21.9. The number of hydrogen-bond donors (Lipinski definition) is 1. The average molecular weight is 473 g/mol. The van der Waals surface area contributed by atoms with E-state index < -0.39 is 6.04 Å². The second-order valence-corrected chi connectivity index (χ2v) is 9.19. The van der Waals surface area contributed by atoms with E-state index in [2.05, 4.69) is 16.5 Å². The highest BCUT2D eigenvalue weighted by molar-refractivity contribution is 7.13. The quantitative estimate of drug-likeness (QED) is 0.378. The number of methoxy groups -OCH3 is 1. The van der Waals surface area contributed by atoms with Crippen molar-refractivity contribution < 1.29 is 14.1 Å². The molecule has 4 aromatic rings. The minimum absolute atomic E-state index is 0.225. The Morgan fingerprint density at radius 2 is 1.85 bits per heavy atom. The average Bonchev–Trinajstić information content (AvgIpc) is 3.50. The van der Waals surface area contributed by atoms with Crippen molar-refractivity contribution in [1.82, 2.24) is 15.5 Å². The van der Waals surface area contributed by atoms with E-state index in [1.54, 1.807) is 23.3 Å². The third-order valence-electron chi connectivity index (χ3n) is 5.77. The van der Waals surface area contributed by atoms with E-state index in [1.165, 1.54) is 0 Å². The number of aromatic nitrogens is 2. The number of benzene rings is 2. The van der Waals surface area contributed by atoms with Gasteiger partial charge in [0.2, 0.25) is 5.82 Å². The molecule has 0 fully saturated rings. The number of carbonyl (C=O) groups is 1. The van der Waals surface area contributed by atoms with Gasteiger partial charge >= 0.3 is 6.03 Å². The molecule has 1 N–H and O–H groups in total. The fourth-order valence-corrected chi connectivity index (χ4v) is 4.97. The molecule has 0 bridgehead atoms. The maximum Gasteiger partial charge on any atom is 0.326 e. The van der Waals surface area contributed by atoms with Crippen LogP contribution in [0.4, 0.5) is 10.5 Å². The Morgan fingerprint density at radius 1 is 1.06 bits per heavy atom. The molecule has 0 saturated carbocycles. The summed E-state index contributed by atoms with van der Waals surface area (Å²) in [5, 5.41) is 9.32. The number of allylic oxidation sites excluding steroid dienone is 1. The number of ether oxygens (including phenoxy) is 1. The summed E-state index contributed by atoms with van der Waals surface area (Å²) >= 11 is 1.54. The molecule has 1 atom stereocenters. The number of hydrogen-bond acceptors (Lipinski definition) is 6. The Kier molecular flexibility index (Phi) is 5.67. The van der Waals surface area contributed by atoms with Gasteiger partial charge in [-0.1, -0.05) is 29.4 Å². The molecule has 34 heavy (non-hydrogen) atoms. The summed E-state index contributed by atoms with van der Waals surface area (Å²) in [5.74, 6) is 1.58.